The van der Waals surface area contributed by atoms with Gasteiger partial charge in [-0.3, -0.25) is 14.6 Å². The zero-order valence-electron chi connectivity index (χ0n) is 11.0. The van der Waals surface area contributed by atoms with Crippen molar-refractivity contribution in [2.24, 2.45) is 10.9 Å². The fourth-order valence-electron chi connectivity index (χ4n) is 1.50. The van der Waals surface area contributed by atoms with Crippen LogP contribution >= 0.6 is 0 Å². The third kappa shape index (κ3) is 5.33. The Balaban J connectivity index is 2.60. The SMILES string of the molecule is COC(=O)CC(C/N=C/c1ccccc1)C(=O)OC. The van der Waals surface area contributed by atoms with E-state index in [0.29, 0.717) is 0 Å². The van der Waals surface area contributed by atoms with Gasteiger partial charge in [0.1, 0.15) is 0 Å². The molecule has 1 aromatic rings. The maximum absolute atomic E-state index is 11.5. The number of esters is 2. The summed E-state index contributed by atoms with van der Waals surface area (Å²) in [4.78, 5) is 26.9. The average molecular weight is 263 g/mol. The summed E-state index contributed by atoms with van der Waals surface area (Å²) in [6, 6.07) is 9.50. The molecule has 0 aliphatic rings. The first-order valence-corrected chi connectivity index (χ1v) is 5.87. The second-order valence-electron chi connectivity index (χ2n) is 3.91. The topological polar surface area (TPSA) is 65.0 Å². The number of nitrogens with zero attached hydrogens (tertiary/aromatic N) is 1. The quantitative estimate of drug-likeness (QED) is 0.575. The van der Waals surface area contributed by atoms with Gasteiger partial charge in [-0.15, -0.1) is 0 Å². The van der Waals surface area contributed by atoms with Gasteiger partial charge in [0.15, 0.2) is 0 Å². The Hall–Kier alpha value is -2.17. The van der Waals surface area contributed by atoms with Crippen molar-refractivity contribution in [2.45, 2.75) is 6.42 Å². The average Bonchev–Trinajstić information content (AvgIpc) is 2.46. The molecule has 0 radical (unpaired) electrons. The number of ether oxygens (including phenoxy) is 2. The molecule has 0 spiro atoms. The maximum Gasteiger partial charge on any atom is 0.311 e. The van der Waals surface area contributed by atoms with E-state index < -0.39 is 17.9 Å². The van der Waals surface area contributed by atoms with Gasteiger partial charge in [-0.1, -0.05) is 30.3 Å². The number of hydrogen-bond acceptors (Lipinski definition) is 5. The van der Waals surface area contributed by atoms with E-state index in [2.05, 4.69) is 14.5 Å². The number of carbonyl (C=O) groups excluding carboxylic acids is 2. The van der Waals surface area contributed by atoms with Crippen molar-refractivity contribution in [3.63, 3.8) is 0 Å². The third-order valence-corrected chi connectivity index (χ3v) is 2.54. The van der Waals surface area contributed by atoms with Crippen LogP contribution in [0.2, 0.25) is 0 Å². The number of aliphatic imine (C=N–C) groups is 1. The highest BCUT2D eigenvalue weighted by Gasteiger charge is 2.22. The van der Waals surface area contributed by atoms with E-state index in [9.17, 15) is 9.59 Å². The summed E-state index contributed by atoms with van der Waals surface area (Å²) in [5.74, 6) is -1.53. The normalized spacial score (nSPS) is 12.1. The van der Waals surface area contributed by atoms with Gasteiger partial charge in [-0.25, -0.2) is 0 Å². The Morgan fingerprint density at radius 2 is 1.89 bits per heavy atom. The van der Waals surface area contributed by atoms with E-state index >= 15 is 0 Å². The molecule has 5 heteroatoms. The van der Waals surface area contributed by atoms with E-state index in [-0.39, 0.29) is 13.0 Å². The van der Waals surface area contributed by atoms with Gasteiger partial charge in [-0.05, 0) is 5.56 Å². The summed E-state index contributed by atoms with van der Waals surface area (Å²) in [6.45, 7) is 0.191. The van der Waals surface area contributed by atoms with Crippen LogP contribution in [0, 0.1) is 5.92 Å². The zero-order valence-corrected chi connectivity index (χ0v) is 11.0. The smallest absolute Gasteiger partial charge is 0.311 e. The van der Waals surface area contributed by atoms with Crippen LogP contribution in [-0.2, 0) is 19.1 Å². The van der Waals surface area contributed by atoms with Crippen LogP contribution in [0.5, 0.6) is 0 Å². The van der Waals surface area contributed by atoms with Crippen molar-refractivity contribution >= 4 is 18.2 Å². The molecule has 19 heavy (non-hydrogen) atoms. The fourth-order valence-corrected chi connectivity index (χ4v) is 1.50. The Labute approximate surface area is 112 Å². The molecule has 0 aromatic heterocycles. The molecule has 1 atom stereocenters. The molecule has 102 valence electrons. The molecular formula is C14H17NO4. The van der Waals surface area contributed by atoms with Gasteiger partial charge in [0, 0.05) is 6.21 Å². The number of methoxy groups -OCH3 is 2. The standard InChI is InChI=1S/C14H17NO4/c1-18-13(16)8-12(14(17)19-2)10-15-9-11-6-4-3-5-7-11/h3-7,9,12H,8,10H2,1-2H3/b15-9+. The summed E-state index contributed by atoms with van der Waals surface area (Å²) in [5.41, 5.74) is 0.934. The minimum Gasteiger partial charge on any atom is -0.469 e. The van der Waals surface area contributed by atoms with Crippen LogP contribution in [-0.4, -0.2) is 38.9 Å². The number of benzene rings is 1. The molecule has 0 aliphatic heterocycles. The highest BCUT2D eigenvalue weighted by atomic mass is 16.5. The van der Waals surface area contributed by atoms with Crippen LogP contribution < -0.4 is 0 Å². The summed E-state index contributed by atoms with van der Waals surface area (Å²) in [6.07, 6.45) is 1.63. The first-order chi connectivity index (χ1) is 9.17. The lowest BCUT2D eigenvalue weighted by Crippen LogP contribution is -2.23. The van der Waals surface area contributed by atoms with E-state index in [1.165, 1.54) is 14.2 Å². The fraction of sp³-hybridized carbons (Fsp3) is 0.357. The van der Waals surface area contributed by atoms with Gasteiger partial charge in [0.05, 0.1) is 33.1 Å². The first kappa shape index (κ1) is 14.9. The van der Waals surface area contributed by atoms with Gasteiger partial charge in [0.2, 0.25) is 0 Å². The molecule has 0 saturated heterocycles. The molecule has 0 fully saturated rings. The molecule has 1 aromatic carbocycles. The lowest BCUT2D eigenvalue weighted by atomic mass is 10.1. The molecule has 0 bridgehead atoms. The molecule has 1 rings (SSSR count). The van der Waals surface area contributed by atoms with Crippen LogP contribution in [0.25, 0.3) is 0 Å². The summed E-state index contributed by atoms with van der Waals surface area (Å²) < 4.78 is 9.18. The number of hydrogen-bond donors (Lipinski definition) is 0. The van der Waals surface area contributed by atoms with Gasteiger partial charge in [0.25, 0.3) is 0 Å². The van der Waals surface area contributed by atoms with Crippen molar-refractivity contribution in [1.29, 1.82) is 0 Å². The molecule has 0 N–H and O–H groups in total. The van der Waals surface area contributed by atoms with Gasteiger partial charge < -0.3 is 9.47 Å². The summed E-state index contributed by atoms with van der Waals surface area (Å²) in [5, 5.41) is 0. The van der Waals surface area contributed by atoms with Crippen molar-refractivity contribution < 1.29 is 19.1 Å². The van der Waals surface area contributed by atoms with Gasteiger partial charge >= 0.3 is 11.9 Å². The number of carbonyl (C=O) groups is 2. The monoisotopic (exact) mass is 263 g/mol. The van der Waals surface area contributed by atoms with Crippen molar-refractivity contribution in [2.75, 3.05) is 20.8 Å². The van der Waals surface area contributed by atoms with Crippen LogP contribution in [0.4, 0.5) is 0 Å². The zero-order chi connectivity index (χ0) is 14.1. The first-order valence-electron chi connectivity index (χ1n) is 5.87. The van der Waals surface area contributed by atoms with Crippen molar-refractivity contribution in [1.82, 2.24) is 0 Å². The van der Waals surface area contributed by atoms with Crippen molar-refractivity contribution in [3.8, 4) is 0 Å². The molecule has 0 amide bonds. The Bertz CT molecular complexity index is 442. The minimum absolute atomic E-state index is 0.0324. The minimum atomic E-state index is -0.614. The van der Waals surface area contributed by atoms with Gasteiger partial charge in [-0.2, -0.15) is 0 Å². The van der Waals surface area contributed by atoms with E-state index in [0.717, 1.165) is 5.56 Å². The lowest BCUT2D eigenvalue weighted by molar-refractivity contribution is -0.151. The predicted octanol–water partition coefficient (Wildman–Crippen LogP) is 1.46. The van der Waals surface area contributed by atoms with Crippen LogP contribution in [0.1, 0.15) is 12.0 Å². The van der Waals surface area contributed by atoms with Crippen LogP contribution in [0.3, 0.4) is 0 Å². The van der Waals surface area contributed by atoms with E-state index in [1.54, 1.807) is 6.21 Å². The Morgan fingerprint density at radius 3 is 2.47 bits per heavy atom. The Morgan fingerprint density at radius 1 is 1.21 bits per heavy atom. The molecule has 0 heterocycles. The highest BCUT2D eigenvalue weighted by molar-refractivity contribution is 5.82. The largest absolute Gasteiger partial charge is 0.469 e. The second kappa shape index (κ2) is 8.02. The van der Waals surface area contributed by atoms with E-state index in [4.69, 9.17) is 0 Å². The molecule has 5 nitrogen and oxygen atoms in total. The van der Waals surface area contributed by atoms with E-state index in [1.807, 2.05) is 30.3 Å². The highest BCUT2D eigenvalue weighted by Crippen LogP contribution is 2.08. The predicted molar refractivity (Wildman–Crippen MR) is 71.0 cm³/mol. The molecular weight excluding hydrogens is 246 g/mol. The van der Waals surface area contributed by atoms with Crippen molar-refractivity contribution in [3.05, 3.63) is 35.9 Å². The van der Waals surface area contributed by atoms with Crippen LogP contribution in [0.15, 0.2) is 35.3 Å². The number of rotatable bonds is 6. The second-order valence-corrected chi connectivity index (χ2v) is 3.91. The maximum atomic E-state index is 11.5. The Kier molecular flexibility index (Phi) is 6.29. The molecule has 0 aliphatic carbocycles. The summed E-state index contributed by atoms with van der Waals surface area (Å²) >= 11 is 0. The molecule has 0 saturated carbocycles. The molecule has 1 unspecified atom stereocenters. The third-order valence-electron chi connectivity index (χ3n) is 2.54. The summed E-state index contributed by atoms with van der Waals surface area (Å²) in [7, 11) is 2.57. The lowest BCUT2D eigenvalue weighted by Gasteiger charge is -2.10.